The molecule has 0 saturated carbocycles. The van der Waals surface area contributed by atoms with Crippen LogP contribution in [0.3, 0.4) is 0 Å². The lowest BCUT2D eigenvalue weighted by molar-refractivity contribution is -0.156. The van der Waals surface area contributed by atoms with Gasteiger partial charge in [0.25, 0.3) is 0 Å². The number of methoxy groups -OCH3 is 1. The fraction of sp³-hybridized carbons (Fsp3) is 0.524. The number of aliphatic carboxylic acids is 1. The molecule has 1 unspecified atom stereocenters. The van der Waals surface area contributed by atoms with Gasteiger partial charge in [0.2, 0.25) is 11.8 Å². The Morgan fingerprint density at radius 1 is 1.22 bits per heavy atom. The van der Waals surface area contributed by atoms with E-state index in [1.165, 1.54) is 9.80 Å². The third kappa shape index (κ3) is 7.12. The summed E-state index contributed by atoms with van der Waals surface area (Å²) in [5.41, 5.74) is 17.7. The molecular formula is C21H32N6O5. The van der Waals surface area contributed by atoms with Crippen LogP contribution < -0.4 is 21.9 Å². The third-order valence-corrected chi connectivity index (χ3v) is 5.30. The average molecular weight is 449 g/mol. The van der Waals surface area contributed by atoms with Crippen molar-refractivity contribution in [3.63, 3.8) is 0 Å². The van der Waals surface area contributed by atoms with Gasteiger partial charge in [-0.15, -0.1) is 0 Å². The number of nitrogens with two attached hydrogens (primary N) is 3. The van der Waals surface area contributed by atoms with Crippen LogP contribution in [0.15, 0.2) is 29.3 Å². The molecule has 1 aliphatic rings. The highest BCUT2D eigenvalue weighted by Gasteiger charge is 2.39. The molecule has 0 bridgehead atoms. The third-order valence-electron chi connectivity index (χ3n) is 5.30. The molecule has 1 saturated heterocycles. The van der Waals surface area contributed by atoms with E-state index in [0.29, 0.717) is 38.0 Å². The van der Waals surface area contributed by atoms with E-state index in [4.69, 9.17) is 27.0 Å². The molecule has 2 rings (SSSR count). The van der Waals surface area contributed by atoms with Crippen LogP contribution >= 0.6 is 0 Å². The van der Waals surface area contributed by atoms with Crippen molar-refractivity contribution in [2.75, 3.05) is 33.3 Å². The van der Waals surface area contributed by atoms with Crippen LogP contribution in [0.2, 0.25) is 0 Å². The van der Waals surface area contributed by atoms with Gasteiger partial charge >= 0.3 is 5.97 Å². The Balaban J connectivity index is 2.07. The van der Waals surface area contributed by atoms with Crippen LogP contribution in [0.4, 0.5) is 0 Å². The number of ether oxygens (including phenoxy) is 1. The van der Waals surface area contributed by atoms with E-state index in [1.807, 2.05) is 12.1 Å². The summed E-state index contributed by atoms with van der Waals surface area (Å²) < 4.78 is 5.14. The van der Waals surface area contributed by atoms with Crippen LogP contribution in [-0.2, 0) is 20.8 Å². The van der Waals surface area contributed by atoms with Crippen molar-refractivity contribution in [3.8, 4) is 5.75 Å². The van der Waals surface area contributed by atoms with Crippen LogP contribution in [0.1, 0.15) is 24.8 Å². The van der Waals surface area contributed by atoms with E-state index in [-0.39, 0.29) is 30.9 Å². The Labute approximate surface area is 187 Å². The van der Waals surface area contributed by atoms with E-state index < -0.39 is 24.6 Å². The first kappa shape index (κ1) is 24.9. The average Bonchev–Trinajstić information content (AvgIpc) is 2.75. The molecule has 1 aromatic rings. The van der Waals surface area contributed by atoms with Gasteiger partial charge in [0.1, 0.15) is 18.3 Å². The molecule has 7 N–H and O–H groups in total. The molecule has 0 aromatic heterocycles. The molecule has 0 spiro atoms. The van der Waals surface area contributed by atoms with E-state index in [1.54, 1.807) is 19.2 Å². The Kier molecular flexibility index (Phi) is 9.26. The second-order valence-corrected chi connectivity index (χ2v) is 7.66. The molecule has 1 heterocycles. The lowest BCUT2D eigenvalue weighted by Crippen LogP contribution is -2.62. The Morgan fingerprint density at radius 3 is 2.50 bits per heavy atom. The smallest absolute Gasteiger partial charge is 0.323 e. The van der Waals surface area contributed by atoms with Crippen LogP contribution in [-0.4, -0.2) is 84.0 Å². The minimum Gasteiger partial charge on any atom is -0.497 e. The summed E-state index contributed by atoms with van der Waals surface area (Å²) in [6, 6.07) is 5.66. The molecule has 1 aromatic carbocycles. The first-order chi connectivity index (χ1) is 15.2. The molecule has 32 heavy (non-hydrogen) atoms. The summed E-state index contributed by atoms with van der Waals surface area (Å²) in [6.07, 6.45) is 1.89. The number of piperazine rings is 1. The summed E-state index contributed by atoms with van der Waals surface area (Å²) in [5, 5.41) is 9.09. The van der Waals surface area contributed by atoms with E-state index >= 15 is 0 Å². The Bertz CT molecular complexity index is 824. The standard InChI is InChI=1S/C21H32N6O5/c1-32-15-7-5-14(6-8-15)12-16(22)19(30)27-11-10-26(13-18(28)29)20(31)17(27)4-2-3-9-25-21(23)24/h5-8,16-17H,2-4,9-13,22H2,1H3,(H,28,29)(H4,23,24,25)/t16?,17-/m0/s1. The highest BCUT2D eigenvalue weighted by atomic mass is 16.5. The second kappa shape index (κ2) is 11.9. The van der Waals surface area contributed by atoms with Crippen molar-refractivity contribution in [1.29, 1.82) is 0 Å². The van der Waals surface area contributed by atoms with E-state index in [2.05, 4.69) is 4.99 Å². The molecule has 0 radical (unpaired) electrons. The normalized spacial score (nSPS) is 17.1. The first-order valence-electron chi connectivity index (χ1n) is 10.5. The molecule has 1 fully saturated rings. The van der Waals surface area contributed by atoms with Gasteiger partial charge in [0.15, 0.2) is 5.96 Å². The summed E-state index contributed by atoms with van der Waals surface area (Å²) in [4.78, 5) is 43.8. The van der Waals surface area contributed by atoms with Crippen molar-refractivity contribution in [2.24, 2.45) is 22.2 Å². The second-order valence-electron chi connectivity index (χ2n) is 7.66. The van der Waals surface area contributed by atoms with Crippen molar-refractivity contribution < 1.29 is 24.2 Å². The van der Waals surface area contributed by atoms with Gasteiger partial charge in [-0.1, -0.05) is 12.1 Å². The van der Waals surface area contributed by atoms with E-state index in [9.17, 15) is 14.4 Å². The number of hydrogen-bond acceptors (Lipinski definition) is 6. The number of carbonyl (C=O) groups excluding carboxylic acids is 2. The fourth-order valence-electron chi connectivity index (χ4n) is 3.68. The van der Waals surface area contributed by atoms with E-state index in [0.717, 1.165) is 5.56 Å². The van der Waals surface area contributed by atoms with Crippen molar-refractivity contribution in [2.45, 2.75) is 37.8 Å². The number of unbranched alkanes of at least 4 members (excludes halogenated alkanes) is 1. The van der Waals surface area contributed by atoms with Gasteiger partial charge in [-0.2, -0.15) is 0 Å². The summed E-state index contributed by atoms with van der Waals surface area (Å²) >= 11 is 0. The van der Waals surface area contributed by atoms with Crippen molar-refractivity contribution >= 4 is 23.7 Å². The Morgan fingerprint density at radius 2 is 1.91 bits per heavy atom. The Hall–Kier alpha value is -3.34. The highest BCUT2D eigenvalue weighted by Crippen LogP contribution is 2.20. The largest absolute Gasteiger partial charge is 0.497 e. The quantitative estimate of drug-likeness (QED) is 0.192. The zero-order valence-electron chi connectivity index (χ0n) is 18.3. The predicted molar refractivity (Wildman–Crippen MR) is 119 cm³/mol. The fourth-order valence-corrected chi connectivity index (χ4v) is 3.68. The zero-order valence-corrected chi connectivity index (χ0v) is 18.3. The summed E-state index contributed by atoms with van der Waals surface area (Å²) in [7, 11) is 1.57. The number of guanidine groups is 1. The van der Waals surface area contributed by atoms with Crippen LogP contribution in [0.25, 0.3) is 0 Å². The molecule has 11 nitrogen and oxygen atoms in total. The molecule has 2 amide bonds. The molecule has 1 aliphatic heterocycles. The SMILES string of the molecule is COc1ccc(CC(N)C(=O)N2CCN(CC(=O)O)C(=O)[C@@H]2CCCCN=C(N)N)cc1. The maximum absolute atomic E-state index is 13.1. The predicted octanol–water partition coefficient (Wildman–Crippen LogP) is -0.867. The number of aliphatic imine (C=N–C) groups is 1. The van der Waals surface area contributed by atoms with Crippen molar-refractivity contribution in [3.05, 3.63) is 29.8 Å². The van der Waals surface area contributed by atoms with Gasteiger partial charge in [-0.3, -0.25) is 19.4 Å². The minimum atomic E-state index is -1.10. The number of benzene rings is 1. The van der Waals surface area contributed by atoms with Gasteiger partial charge < -0.3 is 36.8 Å². The minimum absolute atomic E-state index is 0.00677. The lowest BCUT2D eigenvalue weighted by atomic mass is 10.00. The number of nitrogens with zero attached hydrogens (tertiary/aromatic N) is 3. The number of amides is 2. The number of carboxylic acid groups (broad SMARTS) is 1. The summed E-state index contributed by atoms with van der Waals surface area (Å²) in [6.45, 7) is 0.389. The van der Waals surface area contributed by atoms with Gasteiger partial charge in [-0.05, 0) is 43.4 Å². The van der Waals surface area contributed by atoms with Crippen LogP contribution in [0.5, 0.6) is 5.75 Å². The highest BCUT2D eigenvalue weighted by molar-refractivity contribution is 5.92. The molecule has 176 valence electrons. The molecule has 2 atom stereocenters. The van der Waals surface area contributed by atoms with Crippen LogP contribution in [0, 0.1) is 0 Å². The number of carboxylic acids is 1. The van der Waals surface area contributed by atoms with Gasteiger partial charge in [0.05, 0.1) is 13.2 Å². The van der Waals surface area contributed by atoms with Gasteiger partial charge in [0, 0.05) is 19.6 Å². The first-order valence-corrected chi connectivity index (χ1v) is 10.5. The number of rotatable bonds is 11. The summed E-state index contributed by atoms with van der Waals surface area (Å²) in [5.74, 6) is -1.12. The number of hydrogen-bond donors (Lipinski definition) is 4. The van der Waals surface area contributed by atoms with Gasteiger partial charge in [-0.25, -0.2) is 0 Å². The maximum Gasteiger partial charge on any atom is 0.323 e. The topological polar surface area (TPSA) is 178 Å². The maximum atomic E-state index is 13.1. The zero-order chi connectivity index (χ0) is 23.7. The molecular weight excluding hydrogens is 416 g/mol. The lowest BCUT2D eigenvalue weighted by Gasteiger charge is -2.41. The monoisotopic (exact) mass is 448 g/mol. The van der Waals surface area contributed by atoms with Crippen molar-refractivity contribution in [1.82, 2.24) is 9.80 Å². The molecule has 11 heteroatoms. The molecule has 0 aliphatic carbocycles. The number of carbonyl (C=O) groups is 3.